The van der Waals surface area contributed by atoms with E-state index in [1.807, 2.05) is 0 Å². The first kappa shape index (κ1) is 15.2. The van der Waals surface area contributed by atoms with E-state index in [0.717, 1.165) is 29.6 Å². The van der Waals surface area contributed by atoms with Crippen molar-refractivity contribution in [3.05, 3.63) is 16.1 Å². The van der Waals surface area contributed by atoms with Crippen LogP contribution in [0.3, 0.4) is 0 Å². The summed E-state index contributed by atoms with van der Waals surface area (Å²) in [6.45, 7) is 2.69. The molecular weight excluding hydrogens is 293 g/mol. The minimum Gasteiger partial charge on any atom is -0.480 e. The van der Waals surface area contributed by atoms with Crippen LogP contribution in [0.5, 0.6) is 0 Å². The third-order valence-corrected chi connectivity index (χ3v) is 4.53. The number of carboxylic acids is 1. The van der Waals surface area contributed by atoms with Gasteiger partial charge in [0.15, 0.2) is 5.69 Å². The Morgan fingerprint density at radius 3 is 2.85 bits per heavy atom. The molecule has 1 aromatic heterocycles. The monoisotopic (exact) mass is 308 g/mol. The Hall–Kier alpha value is -1.15. The van der Waals surface area contributed by atoms with Gasteiger partial charge in [-0.3, -0.25) is 9.69 Å². The van der Waals surface area contributed by atoms with E-state index in [4.69, 9.17) is 5.11 Å². The van der Waals surface area contributed by atoms with Gasteiger partial charge in [0.05, 0.1) is 5.01 Å². The number of aliphatic carboxylic acids is 1. The van der Waals surface area contributed by atoms with Crippen molar-refractivity contribution in [3.8, 4) is 0 Å². The van der Waals surface area contributed by atoms with Crippen molar-refractivity contribution in [1.29, 1.82) is 0 Å². The zero-order valence-corrected chi connectivity index (χ0v) is 11.7. The Balaban J connectivity index is 2.09. The van der Waals surface area contributed by atoms with Crippen LogP contribution in [0.15, 0.2) is 5.38 Å². The van der Waals surface area contributed by atoms with Crippen LogP contribution in [-0.2, 0) is 11.0 Å². The maximum absolute atomic E-state index is 12.5. The average Bonchev–Trinajstić information content (AvgIpc) is 2.87. The Labute approximate surface area is 118 Å². The quantitative estimate of drug-likeness (QED) is 0.933. The summed E-state index contributed by atoms with van der Waals surface area (Å²) in [4.78, 5) is 16.4. The molecule has 0 aromatic carbocycles. The fourth-order valence-electron chi connectivity index (χ4n) is 2.32. The molecule has 0 amide bonds. The van der Waals surface area contributed by atoms with Gasteiger partial charge in [-0.05, 0) is 26.3 Å². The molecule has 1 N–H and O–H groups in total. The lowest BCUT2D eigenvalue weighted by Gasteiger charge is -2.34. The molecule has 8 heteroatoms. The summed E-state index contributed by atoms with van der Waals surface area (Å²) < 4.78 is 37.6. The van der Waals surface area contributed by atoms with E-state index in [-0.39, 0.29) is 5.92 Å². The van der Waals surface area contributed by atoms with E-state index in [0.29, 0.717) is 18.1 Å². The largest absolute Gasteiger partial charge is 0.480 e. The summed E-state index contributed by atoms with van der Waals surface area (Å²) in [6, 6.07) is -0.625. The van der Waals surface area contributed by atoms with Crippen molar-refractivity contribution >= 4 is 17.3 Å². The minimum atomic E-state index is -4.42. The highest BCUT2D eigenvalue weighted by atomic mass is 32.1. The van der Waals surface area contributed by atoms with Crippen molar-refractivity contribution in [2.75, 3.05) is 13.1 Å². The number of hydrogen-bond acceptors (Lipinski definition) is 4. The highest BCUT2D eigenvalue weighted by Crippen LogP contribution is 2.35. The Morgan fingerprint density at radius 1 is 1.60 bits per heavy atom. The molecule has 2 unspecified atom stereocenters. The van der Waals surface area contributed by atoms with Crippen molar-refractivity contribution in [3.63, 3.8) is 0 Å². The van der Waals surface area contributed by atoms with E-state index in [1.54, 1.807) is 11.8 Å². The lowest BCUT2D eigenvalue weighted by molar-refractivity contribution is -0.143. The Bertz CT molecular complexity index is 489. The summed E-state index contributed by atoms with van der Waals surface area (Å²) in [5.74, 6) is -1.03. The van der Waals surface area contributed by atoms with Gasteiger partial charge in [-0.25, -0.2) is 4.98 Å². The number of alkyl halides is 3. The number of hydrogen-bond donors (Lipinski definition) is 1. The SMILES string of the molecule is CC(C(=O)O)N1CCCC(c2nc(C(F)(F)F)cs2)C1. The zero-order chi connectivity index (χ0) is 14.9. The van der Waals surface area contributed by atoms with Crippen LogP contribution in [0.4, 0.5) is 13.2 Å². The van der Waals surface area contributed by atoms with E-state index in [2.05, 4.69) is 4.98 Å². The lowest BCUT2D eigenvalue weighted by atomic mass is 9.97. The first-order valence-corrected chi connectivity index (χ1v) is 7.16. The number of carbonyl (C=O) groups is 1. The number of aromatic nitrogens is 1. The maximum atomic E-state index is 12.5. The standard InChI is InChI=1S/C12H15F3N2O2S/c1-7(11(18)19)17-4-2-3-8(5-17)10-16-9(6-20-10)12(13,14)15/h6-8H,2-5H2,1H3,(H,18,19). The number of piperidine rings is 1. The molecule has 4 nitrogen and oxygen atoms in total. The fraction of sp³-hybridized carbons (Fsp3) is 0.667. The summed E-state index contributed by atoms with van der Waals surface area (Å²) >= 11 is 1.000. The van der Waals surface area contributed by atoms with Crippen molar-refractivity contribution in [1.82, 2.24) is 9.88 Å². The van der Waals surface area contributed by atoms with Crippen LogP contribution < -0.4 is 0 Å². The highest BCUT2D eigenvalue weighted by molar-refractivity contribution is 7.09. The molecule has 2 rings (SSSR count). The molecule has 0 radical (unpaired) electrons. The van der Waals surface area contributed by atoms with Gasteiger partial charge in [-0.2, -0.15) is 13.2 Å². The van der Waals surface area contributed by atoms with Gasteiger partial charge in [-0.15, -0.1) is 11.3 Å². The second kappa shape index (κ2) is 5.69. The number of nitrogens with zero attached hydrogens (tertiary/aromatic N) is 2. The van der Waals surface area contributed by atoms with Crippen LogP contribution >= 0.6 is 11.3 Å². The Morgan fingerprint density at radius 2 is 2.30 bits per heavy atom. The summed E-state index contributed by atoms with van der Waals surface area (Å²) in [5.41, 5.74) is -0.860. The van der Waals surface area contributed by atoms with Crippen molar-refractivity contribution < 1.29 is 23.1 Å². The van der Waals surface area contributed by atoms with Gasteiger partial charge in [0.25, 0.3) is 0 Å². The molecule has 0 bridgehead atoms. The molecule has 1 aromatic rings. The first-order chi connectivity index (χ1) is 9.29. The van der Waals surface area contributed by atoms with Gasteiger partial charge in [-0.1, -0.05) is 0 Å². The number of halogens is 3. The van der Waals surface area contributed by atoms with Crippen LogP contribution in [0.25, 0.3) is 0 Å². The van der Waals surface area contributed by atoms with Crippen molar-refractivity contribution in [2.24, 2.45) is 0 Å². The molecule has 1 saturated heterocycles. The molecule has 112 valence electrons. The smallest absolute Gasteiger partial charge is 0.434 e. The fourth-order valence-corrected chi connectivity index (χ4v) is 3.28. The van der Waals surface area contributed by atoms with Crippen LogP contribution in [0.1, 0.15) is 36.4 Å². The third-order valence-electron chi connectivity index (χ3n) is 3.52. The van der Waals surface area contributed by atoms with Gasteiger partial charge in [0.1, 0.15) is 6.04 Å². The molecule has 0 saturated carbocycles. The van der Waals surface area contributed by atoms with Gasteiger partial charge < -0.3 is 5.11 Å². The predicted octanol–water partition coefficient (Wildman–Crippen LogP) is 2.81. The minimum absolute atomic E-state index is 0.119. The van der Waals surface area contributed by atoms with E-state index in [9.17, 15) is 18.0 Å². The number of likely N-dealkylation sites (tertiary alicyclic amines) is 1. The topological polar surface area (TPSA) is 53.4 Å². The molecule has 2 heterocycles. The van der Waals surface area contributed by atoms with E-state index >= 15 is 0 Å². The predicted molar refractivity (Wildman–Crippen MR) is 67.8 cm³/mol. The van der Waals surface area contributed by atoms with Gasteiger partial charge >= 0.3 is 12.1 Å². The summed E-state index contributed by atoms with van der Waals surface area (Å²) in [5, 5.41) is 10.5. The molecule has 20 heavy (non-hydrogen) atoms. The molecule has 1 fully saturated rings. The molecule has 0 spiro atoms. The van der Waals surface area contributed by atoms with Crippen LogP contribution in [-0.4, -0.2) is 40.1 Å². The Kier molecular flexibility index (Phi) is 4.33. The molecular formula is C12H15F3N2O2S. The first-order valence-electron chi connectivity index (χ1n) is 6.28. The summed E-state index contributed by atoms with van der Waals surface area (Å²) in [7, 11) is 0. The average molecular weight is 308 g/mol. The highest BCUT2D eigenvalue weighted by Gasteiger charge is 2.35. The normalized spacial score (nSPS) is 22.7. The van der Waals surface area contributed by atoms with Crippen molar-refractivity contribution in [2.45, 2.75) is 37.9 Å². The van der Waals surface area contributed by atoms with E-state index in [1.165, 1.54) is 0 Å². The maximum Gasteiger partial charge on any atom is 0.434 e. The second-order valence-electron chi connectivity index (χ2n) is 4.92. The van der Waals surface area contributed by atoms with E-state index < -0.39 is 23.9 Å². The van der Waals surface area contributed by atoms with Gasteiger partial charge in [0.2, 0.25) is 0 Å². The van der Waals surface area contributed by atoms with Crippen LogP contribution in [0, 0.1) is 0 Å². The lowest BCUT2D eigenvalue weighted by Crippen LogP contribution is -2.44. The van der Waals surface area contributed by atoms with Crippen LogP contribution in [0.2, 0.25) is 0 Å². The molecule has 1 aliphatic heterocycles. The second-order valence-corrected chi connectivity index (χ2v) is 5.81. The third kappa shape index (κ3) is 3.29. The summed E-state index contributed by atoms with van der Waals surface area (Å²) in [6.07, 6.45) is -2.91. The molecule has 2 atom stereocenters. The number of rotatable bonds is 3. The number of carboxylic acid groups (broad SMARTS) is 1. The molecule has 1 aliphatic rings. The number of thiazole rings is 1. The van der Waals surface area contributed by atoms with Gasteiger partial charge in [0, 0.05) is 17.8 Å². The molecule has 0 aliphatic carbocycles. The zero-order valence-electron chi connectivity index (χ0n) is 10.9.